The maximum absolute atomic E-state index is 13.2. The summed E-state index contributed by atoms with van der Waals surface area (Å²) in [6.45, 7) is 1.59. The molecule has 0 aliphatic carbocycles. The van der Waals surface area contributed by atoms with Crippen LogP contribution in [0.4, 0.5) is 15.8 Å². The fourth-order valence-corrected chi connectivity index (χ4v) is 2.98. The summed E-state index contributed by atoms with van der Waals surface area (Å²) in [5, 5.41) is 13.8. The molecule has 34 heavy (non-hydrogen) atoms. The first-order chi connectivity index (χ1) is 16.3. The first-order valence-electron chi connectivity index (χ1n) is 10.1. The SMILES string of the molecule is CCOC(=O)c1cc(C(=O)OC(C(=O)Nc2ccc(F)cc2)c2ccccc2)cc([N+](=O)[O-])c1. The summed E-state index contributed by atoms with van der Waals surface area (Å²) in [4.78, 5) is 48.5. The van der Waals surface area contributed by atoms with Crippen molar-refractivity contribution in [3.8, 4) is 0 Å². The highest BCUT2D eigenvalue weighted by Crippen LogP contribution is 2.24. The van der Waals surface area contributed by atoms with Gasteiger partial charge in [0, 0.05) is 23.4 Å². The third kappa shape index (κ3) is 6.00. The topological polar surface area (TPSA) is 125 Å². The van der Waals surface area contributed by atoms with Crippen LogP contribution in [0, 0.1) is 15.9 Å². The maximum Gasteiger partial charge on any atom is 0.339 e. The lowest BCUT2D eigenvalue weighted by atomic mass is 10.1. The van der Waals surface area contributed by atoms with Gasteiger partial charge >= 0.3 is 11.9 Å². The van der Waals surface area contributed by atoms with E-state index in [9.17, 15) is 28.9 Å². The summed E-state index contributed by atoms with van der Waals surface area (Å²) >= 11 is 0. The Balaban J connectivity index is 1.92. The van der Waals surface area contributed by atoms with Gasteiger partial charge in [0.1, 0.15) is 5.82 Å². The summed E-state index contributed by atoms with van der Waals surface area (Å²) in [7, 11) is 0. The molecule has 3 aromatic carbocycles. The third-order valence-electron chi connectivity index (χ3n) is 4.55. The smallest absolute Gasteiger partial charge is 0.339 e. The Morgan fingerprint density at radius 2 is 1.59 bits per heavy atom. The van der Waals surface area contributed by atoms with Crippen LogP contribution in [0.1, 0.15) is 39.3 Å². The van der Waals surface area contributed by atoms with Gasteiger partial charge in [0.05, 0.1) is 22.7 Å². The Morgan fingerprint density at radius 3 is 2.18 bits per heavy atom. The van der Waals surface area contributed by atoms with Gasteiger partial charge in [-0.2, -0.15) is 0 Å². The van der Waals surface area contributed by atoms with Gasteiger partial charge in [-0.25, -0.2) is 14.0 Å². The van der Waals surface area contributed by atoms with Crippen molar-refractivity contribution in [1.29, 1.82) is 0 Å². The van der Waals surface area contributed by atoms with E-state index < -0.39 is 40.4 Å². The van der Waals surface area contributed by atoms with Gasteiger partial charge in [-0.15, -0.1) is 0 Å². The van der Waals surface area contributed by atoms with E-state index in [0.29, 0.717) is 5.56 Å². The number of ether oxygens (including phenoxy) is 2. The van der Waals surface area contributed by atoms with Crippen LogP contribution in [0.3, 0.4) is 0 Å². The Kier molecular flexibility index (Phi) is 7.65. The van der Waals surface area contributed by atoms with Gasteiger partial charge in [-0.05, 0) is 37.3 Å². The Morgan fingerprint density at radius 1 is 0.971 bits per heavy atom. The molecule has 0 spiro atoms. The predicted molar refractivity (Wildman–Crippen MR) is 119 cm³/mol. The predicted octanol–water partition coefficient (Wildman–Crippen LogP) is 4.45. The number of carbonyl (C=O) groups is 3. The van der Waals surface area contributed by atoms with Crippen molar-refractivity contribution < 1.29 is 33.2 Å². The second-order valence-corrected chi connectivity index (χ2v) is 6.94. The van der Waals surface area contributed by atoms with Crippen molar-refractivity contribution in [2.75, 3.05) is 11.9 Å². The number of halogens is 1. The van der Waals surface area contributed by atoms with Crippen molar-refractivity contribution in [3.05, 3.63) is 105 Å². The zero-order valence-corrected chi connectivity index (χ0v) is 17.9. The van der Waals surface area contributed by atoms with E-state index >= 15 is 0 Å². The van der Waals surface area contributed by atoms with Gasteiger partial charge in [0.15, 0.2) is 0 Å². The first kappa shape index (κ1) is 24.1. The minimum Gasteiger partial charge on any atom is -0.462 e. The summed E-state index contributed by atoms with van der Waals surface area (Å²) in [5.41, 5.74) is -0.456. The molecule has 3 aromatic rings. The van der Waals surface area contributed by atoms with Crippen LogP contribution < -0.4 is 5.32 Å². The standard InChI is InChI=1S/C24H19FN2O7/c1-2-33-23(29)16-12-17(14-20(13-16)27(31)32)24(30)34-21(15-6-4-3-5-7-15)22(28)26-19-10-8-18(25)9-11-19/h3-14,21H,2H2,1H3,(H,26,28). The molecule has 0 fully saturated rings. The minimum atomic E-state index is -1.44. The number of hydrogen-bond donors (Lipinski definition) is 1. The molecule has 1 N–H and O–H groups in total. The molecule has 0 aromatic heterocycles. The van der Waals surface area contributed by atoms with Crippen molar-refractivity contribution in [3.63, 3.8) is 0 Å². The van der Waals surface area contributed by atoms with Crippen LogP contribution in [0.2, 0.25) is 0 Å². The van der Waals surface area contributed by atoms with E-state index in [4.69, 9.17) is 9.47 Å². The molecule has 0 saturated heterocycles. The zero-order valence-electron chi connectivity index (χ0n) is 17.9. The highest BCUT2D eigenvalue weighted by Gasteiger charge is 2.27. The first-order valence-corrected chi connectivity index (χ1v) is 10.1. The van der Waals surface area contributed by atoms with Gasteiger partial charge in [-0.3, -0.25) is 14.9 Å². The number of hydrogen-bond acceptors (Lipinski definition) is 7. The number of nitro benzene ring substituents is 1. The molecule has 1 amide bonds. The fraction of sp³-hybridized carbons (Fsp3) is 0.125. The molecule has 3 rings (SSSR count). The quantitative estimate of drug-likeness (QED) is 0.295. The third-order valence-corrected chi connectivity index (χ3v) is 4.55. The molecule has 1 atom stereocenters. The largest absolute Gasteiger partial charge is 0.462 e. The normalized spacial score (nSPS) is 11.2. The highest BCUT2D eigenvalue weighted by molar-refractivity contribution is 6.00. The molecular formula is C24H19FN2O7. The Hall–Kier alpha value is -4.60. The van der Waals surface area contributed by atoms with Crippen LogP contribution in [0.25, 0.3) is 0 Å². The van der Waals surface area contributed by atoms with E-state index in [0.717, 1.165) is 30.3 Å². The lowest BCUT2D eigenvalue weighted by molar-refractivity contribution is -0.384. The van der Waals surface area contributed by atoms with E-state index in [1.807, 2.05) is 0 Å². The Labute approximate surface area is 193 Å². The van der Waals surface area contributed by atoms with Crippen LogP contribution in [0.5, 0.6) is 0 Å². The van der Waals surface area contributed by atoms with Crippen molar-refractivity contribution in [2.24, 2.45) is 0 Å². The van der Waals surface area contributed by atoms with Gasteiger partial charge in [0.25, 0.3) is 11.6 Å². The van der Waals surface area contributed by atoms with Crippen molar-refractivity contribution in [1.82, 2.24) is 0 Å². The van der Waals surface area contributed by atoms with Crippen molar-refractivity contribution in [2.45, 2.75) is 13.0 Å². The van der Waals surface area contributed by atoms with E-state index in [2.05, 4.69) is 5.32 Å². The number of nitrogens with zero attached hydrogens (tertiary/aromatic N) is 1. The fourth-order valence-electron chi connectivity index (χ4n) is 2.98. The number of amides is 1. The summed E-state index contributed by atoms with van der Waals surface area (Å²) < 4.78 is 23.4. The summed E-state index contributed by atoms with van der Waals surface area (Å²) in [6.07, 6.45) is -1.44. The monoisotopic (exact) mass is 466 g/mol. The zero-order chi connectivity index (χ0) is 24.7. The molecule has 0 radical (unpaired) electrons. The number of non-ortho nitro benzene ring substituents is 1. The lowest BCUT2D eigenvalue weighted by Gasteiger charge is -2.18. The average Bonchev–Trinajstić information content (AvgIpc) is 2.84. The van der Waals surface area contributed by atoms with Crippen LogP contribution in [-0.4, -0.2) is 29.4 Å². The number of benzene rings is 3. The molecule has 0 heterocycles. The number of nitrogens with one attached hydrogen (secondary N) is 1. The summed E-state index contributed by atoms with van der Waals surface area (Å²) in [5.74, 6) is -3.15. The molecule has 0 aliphatic rings. The van der Waals surface area contributed by atoms with Gasteiger partial charge in [0.2, 0.25) is 6.10 Å². The molecule has 0 aliphatic heterocycles. The van der Waals surface area contributed by atoms with Crippen molar-refractivity contribution >= 4 is 29.2 Å². The molecule has 1 unspecified atom stereocenters. The number of rotatable bonds is 8. The van der Waals surface area contributed by atoms with E-state index in [-0.39, 0.29) is 23.4 Å². The number of anilines is 1. The van der Waals surface area contributed by atoms with E-state index in [1.165, 1.54) is 12.1 Å². The molecule has 10 heteroatoms. The van der Waals surface area contributed by atoms with Crippen LogP contribution in [-0.2, 0) is 14.3 Å². The highest BCUT2D eigenvalue weighted by atomic mass is 19.1. The molecule has 174 valence electrons. The maximum atomic E-state index is 13.2. The number of nitro groups is 1. The van der Waals surface area contributed by atoms with Gasteiger partial charge in [-0.1, -0.05) is 30.3 Å². The lowest BCUT2D eigenvalue weighted by Crippen LogP contribution is -2.26. The Bertz CT molecular complexity index is 1210. The molecule has 0 saturated carbocycles. The van der Waals surface area contributed by atoms with E-state index in [1.54, 1.807) is 37.3 Å². The second-order valence-electron chi connectivity index (χ2n) is 6.94. The van der Waals surface area contributed by atoms with Crippen LogP contribution >= 0.6 is 0 Å². The minimum absolute atomic E-state index is 0.0287. The molecule has 0 bridgehead atoms. The number of esters is 2. The second kappa shape index (κ2) is 10.8. The summed E-state index contributed by atoms with van der Waals surface area (Å²) in [6, 6.07) is 16.1. The number of carbonyl (C=O) groups excluding carboxylic acids is 3. The van der Waals surface area contributed by atoms with Gasteiger partial charge < -0.3 is 14.8 Å². The average molecular weight is 466 g/mol. The van der Waals surface area contributed by atoms with Crippen LogP contribution in [0.15, 0.2) is 72.8 Å². The molecule has 9 nitrogen and oxygen atoms in total. The molecular weight excluding hydrogens is 447 g/mol.